The number of amides is 1. The molecule has 5 heteroatoms. The van der Waals surface area contributed by atoms with Crippen LogP contribution in [0.25, 0.3) is 11.3 Å². The van der Waals surface area contributed by atoms with Crippen molar-refractivity contribution in [2.45, 2.75) is 46.7 Å². The number of hydrogen-bond donors (Lipinski definition) is 1. The highest BCUT2D eigenvalue weighted by Gasteiger charge is 2.33. The second kappa shape index (κ2) is 6.66. The van der Waals surface area contributed by atoms with Crippen molar-refractivity contribution in [2.24, 2.45) is 5.41 Å². The molecule has 5 nitrogen and oxygen atoms in total. The van der Waals surface area contributed by atoms with Crippen molar-refractivity contribution in [2.75, 3.05) is 0 Å². The van der Waals surface area contributed by atoms with Gasteiger partial charge in [0.2, 0.25) is 0 Å². The molecule has 1 aliphatic heterocycles. The number of benzene rings is 2. The Kier molecular flexibility index (Phi) is 4.17. The molecule has 0 fully saturated rings. The second-order valence-corrected chi connectivity index (χ2v) is 9.33. The number of aromatic amines is 1. The molecule has 1 aromatic heterocycles. The number of Topliss-reactive ketones (excluding diaryl/α,β-unsaturated/α-hetero) is 1. The van der Waals surface area contributed by atoms with E-state index in [9.17, 15) is 9.59 Å². The summed E-state index contributed by atoms with van der Waals surface area (Å²) < 4.78 is 0. The van der Waals surface area contributed by atoms with Gasteiger partial charge < -0.3 is 4.90 Å². The van der Waals surface area contributed by atoms with E-state index in [4.69, 9.17) is 0 Å². The highest BCUT2D eigenvalue weighted by molar-refractivity contribution is 5.99. The van der Waals surface area contributed by atoms with E-state index in [1.54, 1.807) is 6.92 Å². The number of nitrogens with zero attached hydrogens (tertiary/aromatic N) is 2. The fraction of sp³-hybridized carbons (Fsp3) is 0.320. The van der Waals surface area contributed by atoms with E-state index < -0.39 is 0 Å². The maximum atomic E-state index is 12.9. The van der Waals surface area contributed by atoms with Gasteiger partial charge in [-0.2, -0.15) is 5.10 Å². The third kappa shape index (κ3) is 3.15. The Morgan fingerprint density at radius 2 is 1.90 bits per heavy atom. The van der Waals surface area contributed by atoms with E-state index in [-0.39, 0.29) is 17.1 Å². The van der Waals surface area contributed by atoms with E-state index in [2.05, 4.69) is 30.1 Å². The predicted octanol–water partition coefficient (Wildman–Crippen LogP) is 4.56. The molecule has 0 spiro atoms. The monoisotopic (exact) mass is 399 g/mol. The number of fused-ring (bicyclic) bond motifs is 2. The first-order valence-electron chi connectivity index (χ1n) is 10.4. The Morgan fingerprint density at radius 1 is 1.13 bits per heavy atom. The number of aromatic nitrogens is 2. The van der Waals surface area contributed by atoms with Crippen molar-refractivity contribution in [3.8, 4) is 11.3 Å². The van der Waals surface area contributed by atoms with Crippen molar-refractivity contribution >= 4 is 11.7 Å². The molecule has 2 aliphatic rings. The van der Waals surface area contributed by atoms with Gasteiger partial charge in [0.25, 0.3) is 5.91 Å². The summed E-state index contributed by atoms with van der Waals surface area (Å²) in [4.78, 5) is 26.2. The molecule has 0 bridgehead atoms. The van der Waals surface area contributed by atoms with Crippen LogP contribution in [0, 0.1) is 5.41 Å². The maximum Gasteiger partial charge on any atom is 0.254 e. The van der Waals surface area contributed by atoms with Crippen LogP contribution in [0.2, 0.25) is 0 Å². The molecule has 1 aliphatic carbocycles. The topological polar surface area (TPSA) is 66.1 Å². The lowest BCUT2D eigenvalue weighted by Gasteiger charge is -2.16. The SMILES string of the molecule is CC(=O)c1ccc(CN2Cc3cc(-c4n[nH]c5c4CC(C)(C)C5)ccc3C2=O)cc1. The van der Waals surface area contributed by atoms with Crippen LogP contribution in [-0.4, -0.2) is 26.8 Å². The van der Waals surface area contributed by atoms with Crippen molar-refractivity contribution in [1.29, 1.82) is 0 Å². The van der Waals surface area contributed by atoms with Gasteiger partial charge in [-0.3, -0.25) is 14.7 Å². The van der Waals surface area contributed by atoms with Gasteiger partial charge in [-0.25, -0.2) is 0 Å². The van der Waals surface area contributed by atoms with Crippen LogP contribution < -0.4 is 0 Å². The summed E-state index contributed by atoms with van der Waals surface area (Å²) in [5.41, 5.74) is 8.43. The fourth-order valence-corrected chi connectivity index (χ4v) is 4.72. The number of hydrogen-bond acceptors (Lipinski definition) is 3. The zero-order valence-corrected chi connectivity index (χ0v) is 17.6. The number of carbonyl (C=O) groups is 2. The van der Waals surface area contributed by atoms with Crippen LogP contribution >= 0.6 is 0 Å². The molecule has 2 aromatic carbocycles. The molecule has 1 N–H and O–H groups in total. The van der Waals surface area contributed by atoms with Crippen LogP contribution in [-0.2, 0) is 25.9 Å². The third-order valence-corrected chi connectivity index (χ3v) is 6.25. The van der Waals surface area contributed by atoms with E-state index in [1.807, 2.05) is 41.3 Å². The van der Waals surface area contributed by atoms with Crippen molar-refractivity contribution in [1.82, 2.24) is 15.1 Å². The zero-order chi connectivity index (χ0) is 21.0. The third-order valence-electron chi connectivity index (χ3n) is 6.25. The minimum Gasteiger partial charge on any atom is -0.330 e. The molecule has 0 saturated carbocycles. The number of rotatable bonds is 4. The van der Waals surface area contributed by atoms with Crippen molar-refractivity contribution < 1.29 is 9.59 Å². The Labute approximate surface area is 176 Å². The van der Waals surface area contributed by atoms with Crippen LogP contribution in [0.3, 0.4) is 0 Å². The Balaban J connectivity index is 1.38. The summed E-state index contributed by atoms with van der Waals surface area (Å²) in [6, 6.07) is 13.6. The normalized spacial score (nSPS) is 16.6. The standard InChI is InChI=1S/C25H25N3O2/c1-15(29)17-6-4-16(5-7-17)13-28-14-19-10-18(8-9-20(19)24(28)30)23-21-11-25(2,3)12-22(21)26-27-23/h4-10H,11-14H2,1-3H3,(H,26,27). The first kappa shape index (κ1) is 18.8. The lowest BCUT2D eigenvalue weighted by atomic mass is 9.90. The summed E-state index contributed by atoms with van der Waals surface area (Å²) in [6.07, 6.45) is 2.04. The average molecular weight is 399 g/mol. The van der Waals surface area contributed by atoms with Gasteiger partial charge in [0.05, 0.1) is 5.69 Å². The number of H-pyrrole nitrogens is 1. The lowest BCUT2D eigenvalue weighted by Crippen LogP contribution is -2.23. The average Bonchev–Trinajstić information content (AvgIpc) is 3.32. The van der Waals surface area contributed by atoms with Crippen molar-refractivity contribution in [3.63, 3.8) is 0 Å². The maximum absolute atomic E-state index is 12.9. The lowest BCUT2D eigenvalue weighted by molar-refractivity contribution is 0.0766. The van der Waals surface area contributed by atoms with Crippen LogP contribution in [0.1, 0.15) is 63.9 Å². The van der Waals surface area contributed by atoms with Gasteiger partial charge in [0, 0.05) is 41.0 Å². The van der Waals surface area contributed by atoms with E-state index in [1.165, 1.54) is 11.3 Å². The predicted molar refractivity (Wildman–Crippen MR) is 115 cm³/mol. The summed E-state index contributed by atoms with van der Waals surface area (Å²) in [6.45, 7) is 7.25. The molecule has 0 radical (unpaired) electrons. The summed E-state index contributed by atoms with van der Waals surface area (Å²) in [5.74, 6) is 0.104. The Hall–Kier alpha value is -3.21. The smallest absolute Gasteiger partial charge is 0.254 e. The molecule has 5 rings (SSSR count). The van der Waals surface area contributed by atoms with Gasteiger partial charge in [-0.1, -0.05) is 44.2 Å². The van der Waals surface area contributed by atoms with Gasteiger partial charge >= 0.3 is 0 Å². The minimum atomic E-state index is 0.0481. The van der Waals surface area contributed by atoms with E-state index in [0.717, 1.165) is 40.8 Å². The highest BCUT2D eigenvalue weighted by atomic mass is 16.2. The molecule has 3 aromatic rings. The van der Waals surface area contributed by atoms with Gasteiger partial charge in [-0.05, 0) is 48.4 Å². The molecule has 0 saturated heterocycles. The molecule has 2 heterocycles. The summed E-state index contributed by atoms with van der Waals surface area (Å²) in [5, 5.41) is 7.80. The van der Waals surface area contributed by atoms with Gasteiger partial charge in [0.1, 0.15) is 0 Å². The number of ketones is 1. The Morgan fingerprint density at radius 3 is 2.63 bits per heavy atom. The van der Waals surface area contributed by atoms with Crippen LogP contribution in [0.5, 0.6) is 0 Å². The molecule has 0 atom stereocenters. The number of nitrogens with one attached hydrogen (secondary N) is 1. The summed E-state index contributed by atoms with van der Waals surface area (Å²) in [7, 11) is 0. The second-order valence-electron chi connectivity index (χ2n) is 9.33. The highest BCUT2D eigenvalue weighted by Crippen LogP contribution is 2.40. The molecule has 0 unspecified atom stereocenters. The van der Waals surface area contributed by atoms with E-state index in [0.29, 0.717) is 18.7 Å². The minimum absolute atomic E-state index is 0.0481. The first-order valence-corrected chi connectivity index (χ1v) is 10.4. The van der Waals surface area contributed by atoms with Crippen molar-refractivity contribution in [3.05, 3.63) is 76.0 Å². The zero-order valence-electron chi connectivity index (χ0n) is 17.6. The van der Waals surface area contributed by atoms with Gasteiger partial charge in [0.15, 0.2) is 5.78 Å². The van der Waals surface area contributed by atoms with Crippen LogP contribution in [0.15, 0.2) is 42.5 Å². The van der Waals surface area contributed by atoms with Gasteiger partial charge in [-0.15, -0.1) is 0 Å². The van der Waals surface area contributed by atoms with Crippen LogP contribution in [0.4, 0.5) is 0 Å². The molecule has 30 heavy (non-hydrogen) atoms. The molecular weight excluding hydrogens is 374 g/mol. The Bertz CT molecular complexity index is 1170. The summed E-state index contributed by atoms with van der Waals surface area (Å²) >= 11 is 0. The largest absolute Gasteiger partial charge is 0.330 e. The molecular formula is C25H25N3O2. The van der Waals surface area contributed by atoms with E-state index >= 15 is 0 Å². The fourth-order valence-electron chi connectivity index (χ4n) is 4.72. The first-order chi connectivity index (χ1) is 14.3. The molecule has 1 amide bonds. The number of carbonyl (C=O) groups excluding carboxylic acids is 2. The molecule has 152 valence electrons. The quantitative estimate of drug-likeness (QED) is 0.654.